The molecule has 2 unspecified atom stereocenters. The molecule has 0 aliphatic carbocycles. The summed E-state index contributed by atoms with van der Waals surface area (Å²) in [4.78, 5) is 71.8. The van der Waals surface area contributed by atoms with Gasteiger partial charge in [0.15, 0.2) is 12.2 Å². The molecule has 19 heteroatoms. The molecular formula is C68H132O17P2. The number of esters is 4. The number of carbonyl (C=O) groups is 4. The van der Waals surface area contributed by atoms with E-state index in [2.05, 4.69) is 27.7 Å². The lowest BCUT2D eigenvalue weighted by molar-refractivity contribution is -0.161. The minimum absolute atomic E-state index is 0.0993. The SMILES string of the molecule is CCCCCCCCCCCCCCCCCCCCCCCC(=O)O[C@H](COC(=O)CCCCCCCCCCCCCCCCCC)COP(=O)(O)OC[C@@H](O)COP(=O)(O)OC[C@@H](COC(=O)CCCCCCC)OC(=O)CCCCCCC. The number of phosphoric ester groups is 2. The van der Waals surface area contributed by atoms with Crippen molar-refractivity contribution in [1.29, 1.82) is 0 Å². The standard InChI is InChI=1S/C68H132O17P2/c1-5-9-13-17-19-21-23-25-27-29-30-31-32-33-35-37-39-41-43-47-51-55-68(73)85-64(59-79-66(71)53-49-46-42-40-38-36-34-28-26-24-22-20-18-14-10-6-2)61-83-87(76,77)81-57-62(69)56-80-86(74,75)82-60-63(84-67(72)54-50-45-16-12-8-4)58-78-65(70)52-48-44-15-11-7-3/h62-64,69H,5-61H2,1-4H3,(H,74,75)(H,76,77)/t62-,63+,64+/m0/s1. The molecule has 0 saturated heterocycles. The van der Waals surface area contributed by atoms with Gasteiger partial charge in [0.2, 0.25) is 0 Å². The van der Waals surface area contributed by atoms with Gasteiger partial charge in [0, 0.05) is 25.7 Å². The van der Waals surface area contributed by atoms with Crippen molar-refractivity contribution in [3.8, 4) is 0 Å². The maximum absolute atomic E-state index is 13.0. The second kappa shape index (κ2) is 62.8. The van der Waals surface area contributed by atoms with Crippen LogP contribution in [0.15, 0.2) is 0 Å². The molecule has 17 nitrogen and oxygen atoms in total. The minimum Gasteiger partial charge on any atom is -0.462 e. The summed E-state index contributed by atoms with van der Waals surface area (Å²) < 4.78 is 67.7. The first kappa shape index (κ1) is 85.1. The van der Waals surface area contributed by atoms with Crippen LogP contribution < -0.4 is 0 Å². The number of rotatable bonds is 69. The van der Waals surface area contributed by atoms with E-state index < -0.39 is 97.5 Å². The largest absolute Gasteiger partial charge is 0.472 e. The predicted molar refractivity (Wildman–Crippen MR) is 349 cm³/mol. The molecule has 0 aromatic carbocycles. The van der Waals surface area contributed by atoms with Crippen molar-refractivity contribution in [3.63, 3.8) is 0 Å². The summed E-state index contributed by atoms with van der Waals surface area (Å²) in [6.45, 7) is 4.74. The Labute approximate surface area is 530 Å². The van der Waals surface area contributed by atoms with Gasteiger partial charge in [0.1, 0.15) is 19.3 Å². The average molecular weight is 1280 g/mol. The Hall–Kier alpha value is -1.94. The quantitative estimate of drug-likeness (QED) is 0.0222. The average Bonchev–Trinajstić information content (AvgIpc) is 3.50. The molecular weight excluding hydrogens is 1150 g/mol. The third-order valence-corrected chi connectivity index (χ3v) is 17.8. The Morgan fingerprint density at radius 2 is 0.460 bits per heavy atom. The predicted octanol–water partition coefficient (Wildman–Crippen LogP) is 19.5. The number of unbranched alkanes of at least 4 members (excludes halogenated alkanes) is 43. The summed E-state index contributed by atoms with van der Waals surface area (Å²) in [5.74, 6) is -2.15. The molecule has 0 aromatic rings. The minimum atomic E-state index is -4.94. The highest BCUT2D eigenvalue weighted by Gasteiger charge is 2.30. The van der Waals surface area contributed by atoms with Crippen LogP contribution in [0.4, 0.5) is 0 Å². The van der Waals surface area contributed by atoms with Crippen LogP contribution in [0, 0.1) is 0 Å². The van der Waals surface area contributed by atoms with Gasteiger partial charge in [-0.1, -0.05) is 304 Å². The molecule has 0 radical (unpaired) electrons. The number of phosphoric acid groups is 2. The molecule has 0 aromatic heterocycles. The number of carbonyl (C=O) groups excluding carboxylic acids is 4. The Morgan fingerprint density at radius 3 is 0.678 bits per heavy atom. The van der Waals surface area contributed by atoms with E-state index >= 15 is 0 Å². The van der Waals surface area contributed by atoms with Gasteiger partial charge in [-0.25, -0.2) is 9.13 Å². The molecule has 5 atom stereocenters. The molecule has 516 valence electrons. The van der Waals surface area contributed by atoms with Crippen LogP contribution in [0.25, 0.3) is 0 Å². The van der Waals surface area contributed by atoms with Gasteiger partial charge >= 0.3 is 39.5 Å². The normalized spacial score (nSPS) is 14.1. The van der Waals surface area contributed by atoms with Crippen LogP contribution in [-0.2, 0) is 65.4 Å². The molecule has 0 fully saturated rings. The third-order valence-electron chi connectivity index (χ3n) is 15.9. The first-order chi connectivity index (χ1) is 42.2. The molecule has 0 aliphatic heterocycles. The van der Waals surface area contributed by atoms with E-state index in [9.17, 15) is 43.2 Å². The first-order valence-electron chi connectivity index (χ1n) is 35.8. The van der Waals surface area contributed by atoms with E-state index in [1.54, 1.807) is 0 Å². The summed E-state index contributed by atoms with van der Waals surface area (Å²) in [5.41, 5.74) is 0. The number of aliphatic hydroxyl groups excluding tert-OH is 1. The lowest BCUT2D eigenvalue weighted by atomic mass is 10.0. The molecule has 0 spiro atoms. The van der Waals surface area contributed by atoms with Gasteiger partial charge in [0.25, 0.3) is 0 Å². The van der Waals surface area contributed by atoms with Gasteiger partial charge in [-0.05, 0) is 25.7 Å². The van der Waals surface area contributed by atoms with Crippen molar-refractivity contribution in [1.82, 2.24) is 0 Å². The second-order valence-electron chi connectivity index (χ2n) is 24.6. The summed E-state index contributed by atoms with van der Waals surface area (Å²) in [6, 6.07) is 0. The fourth-order valence-corrected chi connectivity index (χ4v) is 11.9. The number of ether oxygens (including phenoxy) is 4. The lowest BCUT2D eigenvalue weighted by Gasteiger charge is -2.21. The van der Waals surface area contributed by atoms with E-state index in [1.807, 2.05) is 0 Å². The van der Waals surface area contributed by atoms with E-state index in [0.717, 1.165) is 96.3 Å². The Kier molecular flexibility index (Phi) is 61.4. The molecule has 0 rings (SSSR count). The monoisotopic (exact) mass is 1280 g/mol. The molecule has 87 heavy (non-hydrogen) atoms. The highest BCUT2D eigenvalue weighted by molar-refractivity contribution is 7.47. The number of aliphatic hydroxyl groups is 1. The van der Waals surface area contributed by atoms with E-state index in [0.29, 0.717) is 25.7 Å². The van der Waals surface area contributed by atoms with Crippen molar-refractivity contribution >= 4 is 39.5 Å². The highest BCUT2D eigenvalue weighted by Crippen LogP contribution is 2.45. The van der Waals surface area contributed by atoms with Crippen LogP contribution in [0.5, 0.6) is 0 Å². The van der Waals surface area contributed by atoms with E-state index in [-0.39, 0.29) is 25.7 Å². The van der Waals surface area contributed by atoms with Crippen molar-refractivity contribution < 1.29 is 80.2 Å². The zero-order valence-electron chi connectivity index (χ0n) is 56.0. The van der Waals surface area contributed by atoms with Crippen molar-refractivity contribution in [3.05, 3.63) is 0 Å². The van der Waals surface area contributed by atoms with Crippen molar-refractivity contribution in [2.75, 3.05) is 39.6 Å². The highest BCUT2D eigenvalue weighted by atomic mass is 31.2. The van der Waals surface area contributed by atoms with E-state index in [1.165, 1.54) is 180 Å². The van der Waals surface area contributed by atoms with E-state index in [4.69, 9.17) is 37.0 Å². The smallest absolute Gasteiger partial charge is 0.462 e. The summed E-state index contributed by atoms with van der Waals surface area (Å²) >= 11 is 0. The van der Waals surface area contributed by atoms with Crippen LogP contribution in [0.1, 0.15) is 355 Å². The van der Waals surface area contributed by atoms with Gasteiger partial charge in [-0.15, -0.1) is 0 Å². The zero-order valence-corrected chi connectivity index (χ0v) is 57.8. The Balaban J connectivity index is 5.04. The first-order valence-corrected chi connectivity index (χ1v) is 38.8. The third kappa shape index (κ3) is 62.6. The van der Waals surface area contributed by atoms with Gasteiger partial charge in [-0.3, -0.25) is 37.3 Å². The van der Waals surface area contributed by atoms with Crippen LogP contribution in [-0.4, -0.2) is 96.7 Å². The van der Waals surface area contributed by atoms with Crippen molar-refractivity contribution in [2.45, 2.75) is 373 Å². The fourth-order valence-electron chi connectivity index (χ4n) is 10.3. The molecule has 0 aliphatic rings. The van der Waals surface area contributed by atoms with Gasteiger partial charge in [-0.2, -0.15) is 0 Å². The molecule has 0 heterocycles. The van der Waals surface area contributed by atoms with Crippen LogP contribution in [0.3, 0.4) is 0 Å². The summed E-state index contributed by atoms with van der Waals surface area (Å²) in [7, 11) is -9.87. The number of hydrogen-bond donors (Lipinski definition) is 3. The maximum Gasteiger partial charge on any atom is 0.472 e. The number of hydrogen-bond acceptors (Lipinski definition) is 15. The van der Waals surface area contributed by atoms with Crippen LogP contribution >= 0.6 is 15.6 Å². The Bertz CT molecular complexity index is 1670. The lowest BCUT2D eigenvalue weighted by Crippen LogP contribution is -2.30. The van der Waals surface area contributed by atoms with Gasteiger partial charge < -0.3 is 33.8 Å². The fraction of sp³-hybridized carbons (Fsp3) is 0.941. The molecule has 0 bridgehead atoms. The molecule has 0 saturated carbocycles. The topological polar surface area (TPSA) is 237 Å². The molecule has 0 amide bonds. The Morgan fingerprint density at radius 1 is 0.276 bits per heavy atom. The molecule has 3 N–H and O–H groups in total. The maximum atomic E-state index is 13.0. The summed E-state index contributed by atoms with van der Waals surface area (Å²) in [5, 5.41) is 10.5. The van der Waals surface area contributed by atoms with Crippen molar-refractivity contribution in [2.24, 2.45) is 0 Å². The second-order valence-corrected chi connectivity index (χ2v) is 27.5. The summed E-state index contributed by atoms with van der Waals surface area (Å²) in [6.07, 6.45) is 51.0. The zero-order chi connectivity index (χ0) is 64.0. The van der Waals surface area contributed by atoms with Crippen LogP contribution in [0.2, 0.25) is 0 Å². The van der Waals surface area contributed by atoms with Gasteiger partial charge in [0.05, 0.1) is 26.4 Å².